The number of hydrogen-bond donors (Lipinski definition) is 2. The van der Waals surface area contributed by atoms with Crippen LogP contribution in [0.1, 0.15) is 29.2 Å². The Kier molecular flexibility index (Phi) is 2.75. The first-order chi connectivity index (χ1) is 8.18. The van der Waals surface area contributed by atoms with E-state index in [9.17, 15) is 0 Å². The number of hydrogen-bond acceptors (Lipinski definition) is 1. The quantitative estimate of drug-likeness (QED) is 0.825. The summed E-state index contributed by atoms with van der Waals surface area (Å²) < 4.78 is 1.25. The van der Waals surface area contributed by atoms with Gasteiger partial charge in [0.05, 0.1) is 0 Å². The molecule has 17 heavy (non-hydrogen) atoms. The molecule has 1 unspecified atom stereocenters. The van der Waals surface area contributed by atoms with Crippen molar-refractivity contribution in [3.05, 3.63) is 33.4 Å². The van der Waals surface area contributed by atoms with Gasteiger partial charge in [-0.1, -0.05) is 12.1 Å². The predicted molar refractivity (Wildman–Crippen MR) is 75.7 cm³/mol. The molecule has 0 aliphatic carbocycles. The second kappa shape index (κ2) is 4.14. The van der Waals surface area contributed by atoms with Crippen molar-refractivity contribution >= 4 is 26.8 Å². The topological polar surface area (TPSA) is 27.8 Å². The highest BCUT2D eigenvalue weighted by molar-refractivity contribution is 9.10. The van der Waals surface area contributed by atoms with Crippen LogP contribution in [0.4, 0.5) is 0 Å². The van der Waals surface area contributed by atoms with Crippen molar-refractivity contribution in [3.63, 3.8) is 0 Å². The molecule has 2 nitrogen and oxygen atoms in total. The van der Waals surface area contributed by atoms with Crippen LogP contribution in [0.3, 0.4) is 0 Å². The molecule has 2 aromatic rings. The van der Waals surface area contributed by atoms with Crippen LogP contribution in [-0.4, -0.2) is 18.1 Å². The normalized spacial score (nSPS) is 20.3. The average Bonchev–Trinajstić information content (AvgIpc) is 2.92. The van der Waals surface area contributed by atoms with Crippen LogP contribution in [0, 0.1) is 13.8 Å². The standard InChI is InChI=1S/C14H17BrN2/c1-8-3-4-11-12(15)14(10-5-6-16-7-10)17-13(11)9(8)2/h3-4,10,16-17H,5-7H2,1-2H3. The molecule has 0 bridgehead atoms. The third-order valence-electron chi connectivity index (χ3n) is 3.94. The Morgan fingerprint density at radius 3 is 2.82 bits per heavy atom. The molecule has 1 aromatic heterocycles. The van der Waals surface area contributed by atoms with Crippen LogP contribution in [0.25, 0.3) is 10.9 Å². The van der Waals surface area contributed by atoms with Gasteiger partial charge in [-0.2, -0.15) is 0 Å². The highest BCUT2D eigenvalue weighted by Crippen LogP contribution is 2.36. The van der Waals surface area contributed by atoms with Crippen molar-refractivity contribution in [2.45, 2.75) is 26.2 Å². The monoisotopic (exact) mass is 292 g/mol. The fraction of sp³-hybridized carbons (Fsp3) is 0.429. The lowest BCUT2D eigenvalue weighted by atomic mass is 10.0. The maximum Gasteiger partial charge on any atom is 0.0500 e. The summed E-state index contributed by atoms with van der Waals surface area (Å²) in [6, 6.07) is 4.41. The van der Waals surface area contributed by atoms with E-state index in [4.69, 9.17) is 0 Å². The molecule has 1 aromatic carbocycles. The van der Waals surface area contributed by atoms with Crippen molar-refractivity contribution < 1.29 is 0 Å². The van der Waals surface area contributed by atoms with Crippen molar-refractivity contribution in [1.82, 2.24) is 10.3 Å². The fourth-order valence-electron chi connectivity index (χ4n) is 2.68. The molecule has 90 valence electrons. The SMILES string of the molecule is Cc1ccc2c(Br)c(C3CCNC3)[nH]c2c1C. The Labute approximate surface area is 110 Å². The van der Waals surface area contributed by atoms with Crippen LogP contribution in [-0.2, 0) is 0 Å². The minimum absolute atomic E-state index is 0.622. The second-order valence-corrected chi connectivity index (χ2v) is 5.77. The number of aryl methyl sites for hydroxylation is 2. The first kappa shape index (κ1) is 11.3. The van der Waals surface area contributed by atoms with Gasteiger partial charge in [0.25, 0.3) is 0 Å². The number of H-pyrrole nitrogens is 1. The Balaban J connectivity index is 2.20. The molecule has 1 aliphatic rings. The van der Waals surface area contributed by atoms with E-state index in [1.54, 1.807) is 0 Å². The van der Waals surface area contributed by atoms with Crippen LogP contribution in [0.15, 0.2) is 16.6 Å². The van der Waals surface area contributed by atoms with E-state index in [1.807, 2.05) is 0 Å². The smallest absolute Gasteiger partial charge is 0.0500 e. The largest absolute Gasteiger partial charge is 0.357 e. The predicted octanol–water partition coefficient (Wildman–Crippen LogP) is 3.62. The number of aromatic nitrogens is 1. The van der Waals surface area contributed by atoms with E-state index in [2.05, 4.69) is 52.2 Å². The lowest BCUT2D eigenvalue weighted by Gasteiger charge is -2.06. The van der Waals surface area contributed by atoms with Gasteiger partial charge in [0.15, 0.2) is 0 Å². The maximum atomic E-state index is 3.76. The number of halogens is 1. The molecule has 2 N–H and O–H groups in total. The molecule has 0 amide bonds. The molecule has 1 fully saturated rings. The molecule has 2 heterocycles. The Morgan fingerprint density at radius 1 is 1.29 bits per heavy atom. The molecule has 0 radical (unpaired) electrons. The minimum Gasteiger partial charge on any atom is -0.357 e. The summed E-state index contributed by atoms with van der Waals surface area (Å²) in [5.74, 6) is 0.622. The molecule has 1 aliphatic heterocycles. The molecule has 1 saturated heterocycles. The third kappa shape index (κ3) is 1.72. The van der Waals surface area contributed by atoms with Crippen molar-refractivity contribution in [1.29, 1.82) is 0 Å². The third-order valence-corrected chi connectivity index (χ3v) is 4.79. The van der Waals surface area contributed by atoms with E-state index < -0.39 is 0 Å². The van der Waals surface area contributed by atoms with Gasteiger partial charge in [0.1, 0.15) is 0 Å². The molecular formula is C14H17BrN2. The minimum atomic E-state index is 0.622. The number of aromatic amines is 1. The van der Waals surface area contributed by atoms with Gasteiger partial charge in [-0.3, -0.25) is 0 Å². The summed E-state index contributed by atoms with van der Waals surface area (Å²) in [7, 11) is 0. The van der Waals surface area contributed by atoms with Crippen molar-refractivity contribution in [2.75, 3.05) is 13.1 Å². The molecule has 3 rings (SSSR count). The van der Waals surface area contributed by atoms with Gasteiger partial charge in [0.2, 0.25) is 0 Å². The van der Waals surface area contributed by atoms with E-state index in [0.29, 0.717) is 5.92 Å². The zero-order valence-electron chi connectivity index (χ0n) is 10.2. The summed E-state index contributed by atoms with van der Waals surface area (Å²) in [4.78, 5) is 3.63. The van der Waals surface area contributed by atoms with Gasteiger partial charge in [-0.05, 0) is 53.9 Å². The number of benzene rings is 1. The van der Waals surface area contributed by atoms with Gasteiger partial charge in [-0.25, -0.2) is 0 Å². The molecule has 1 atom stereocenters. The van der Waals surface area contributed by atoms with Gasteiger partial charge >= 0.3 is 0 Å². The fourth-order valence-corrected chi connectivity index (χ4v) is 3.43. The van der Waals surface area contributed by atoms with Gasteiger partial charge in [-0.15, -0.1) is 0 Å². The summed E-state index contributed by atoms with van der Waals surface area (Å²) in [6.45, 7) is 6.57. The number of rotatable bonds is 1. The zero-order valence-corrected chi connectivity index (χ0v) is 11.8. The second-order valence-electron chi connectivity index (χ2n) is 4.97. The number of nitrogens with one attached hydrogen (secondary N) is 2. The first-order valence-corrected chi connectivity index (χ1v) is 6.95. The van der Waals surface area contributed by atoms with Gasteiger partial charge in [0, 0.05) is 33.5 Å². The van der Waals surface area contributed by atoms with Crippen LogP contribution < -0.4 is 5.32 Å². The van der Waals surface area contributed by atoms with E-state index in [-0.39, 0.29) is 0 Å². The Bertz CT molecular complexity index is 565. The summed E-state index contributed by atoms with van der Waals surface area (Å²) >= 11 is 3.76. The van der Waals surface area contributed by atoms with Crippen molar-refractivity contribution in [2.24, 2.45) is 0 Å². The van der Waals surface area contributed by atoms with Crippen molar-refractivity contribution in [3.8, 4) is 0 Å². The van der Waals surface area contributed by atoms with Crippen LogP contribution in [0.5, 0.6) is 0 Å². The highest BCUT2D eigenvalue weighted by Gasteiger charge is 2.22. The van der Waals surface area contributed by atoms with E-state index >= 15 is 0 Å². The van der Waals surface area contributed by atoms with E-state index in [1.165, 1.54) is 38.6 Å². The molecular weight excluding hydrogens is 276 g/mol. The average molecular weight is 293 g/mol. The lowest BCUT2D eigenvalue weighted by Crippen LogP contribution is -2.08. The Hall–Kier alpha value is -0.800. The molecule has 3 heteroatoms. The number of fused-ring (bicyclic) bond motifs is 1. The summed E-state index contributed by atoms with van der Waals surface area (Å²) in [6.07, 6.45) is 1.23. The molecule has 0 saturated carbocycles. The summed E-state index contributed by atoms with van der Waals surface area (Å²) in [5, 5.41) is 4.74. The zero-order chi connectivity index (χ0) is 12.0. The van der Waals surface area contributed by atoms with Crippen LogP contribution >= 0.6 is 15.9 Å². The van der Waals surface area contributed by atoms with Crippen LogP contribution in [0.2, 0.25) is 0 Å². The highest BCUT2D eigenvalue weighted by atomic mass is 79.9. The molecule has 0 spiro atoms. The lowest BCUT2D eigenvalue weighted by molar-refractivity contribution is 0.739. The maximum absolute atomic E-state index is 3.76. The van der Waals surface area contributed by atoms with Gasteiger partial charge < -0.3 is 10.3 Å². The van der Waals surface area contributed by atoms with E-state index in [0.717, 1.165) is 13.1 Å². The first-order valence-electron chi connectivity index (χ1n) is 6.16. The Morgan fingerprint density at radius 2 is 2.12 bits per heavy atom. The summed E-state index contributed by atoms with van der Waals surface area (Å²) in [5.41, 5.74) is 5.36.